The standard InChI is InChI=1S/C14H10F2O4S/c1-21(19,20)13-10(15)7-9(8-5-3-2-4-6-8)11(12(13)16)14(17)18/h2-7H,1H3,(H,17,18). The molecule has 0 heterocycles. The van der Waals surface area contributed by atoms with Crippen LogP contribution >= 0.6 is 0 Å². The van der Waals surface area contributed by atoms with Crippen LogP contribution in [0.2, 0.25) is 0 Å². The minimum absolute atomic E-state index is 0.217. The number of hydrogen-bond donors (Lipinski definition) is 1. The van der Waals surface area contributed by atoms with Crippen LogP contribution in [0, 0.1) is 11.6 Å². The number of rotatable bonds is 3. The maximum absolute atomic E-state index is 14.2. The van der Waals surface area contributed by atoms with Gasteiger partial charge in [-0.2, -0.15) is 0 Å². The van der Waals surface area contributed by atoms with Crippen molar-refractivity contribution < 1.29 is 27.1 Å². The highest BCUT2D eigenvalue weighted by Crippen LogP contribution is 2.31. The molecule has 0 fully saturated rings. The van der Waals surface area contributed by atoms with Crippen LogP contribution in [-0.4, -0.2) is 25.7 Å². The van der Waals surface area contributed by atoms with Gasteiger partial charge >= 0.3 is 5.97 Å². The van der Waals surface area contributed by atoms with Gasteiger partial charge in [0.2, 0.25) is 0 Å². The summed E-state index contributed by atoms with van der Waals surface area (Å²) < 4.78 is 51.0. The lowest BCUT2D eigenvalue weighted by Crippen LogP contribution is -2.12. The lowest BCUT2D eigenvalue weighted by atomic mass is 9.99. The van der Waals surface area contributed by atoms with Crippen molar-refractivity contribution in [3.63, 3.8) is 0 Å². The summed E-state index contributed by atoms with van der Waals surface area (Å²) in [6.45, 7) is 0. The summed E-state index contributed by atoms with van der Waals surface area (Å²) >= 11 is 0. The van der Waals surface area contributed by atoms with Crippen LogP contribution in [0.15, 0.2) is 41.3 Å². The van der Waals surface area contributed by atoms with Crippen molar-refractivity contribution in [2.75, 3.05) is 6.26 Å². The fourth-order valence-electron chi connectivity index (χ4n) is 2.00. The third-order valence-electron chi connectivity index (χ3n) is 2.85. The predicted molar refractivity (Wildman–Crippen MR) is 71.9 cm³/mol. The summed E-state index contributed by atoms with van der Waals surface area (Å²) in [5.41, 5.74) is -0.818. The van der Waals surface area contributed by atoms with Crippen LogP contribution in [0.4, 0.5) is 8.78 Å². The molecule has 7 heteroatoms. The highest BCUT2D eigenvalue weighted by Gasteiger charge is 2.28. The van der Waals surface area contributed by atoms with Crippen LogP contribution in [0.5, 0.6) is 0 Å². The summed E-state index contributed by atoms with van der Waals surface area (Å²) in [5, 5.41) is 9.13. The van der Waals surface area contributed by atoms with E-state index in [1.54, 1.807) is 18.2 Å². The van der Waals surface area contributed by atoms with E-state index in [1.165, 1.54) is 12.1 Å². The molecule has 0 saturated carbocycles. The van der Waals surface area contributed by atoms with E-state index in [2.05, 4.69) is 0 Å². The van der Waals surface area contributed by atoms with Crippen molar-refractivity contribution in [2.24, 2.45) is 0 Å². The first-order valence-electron chi connectivity index (χ1n) is 5.74. The van der Waals surface area contributed by atoms with Gasteiger partial charge in [0, 0.05) is 11.8 Å². The Kier molecular flexibility index (Phi) is 3.78. The molecule has 2 rings (SSSR count). The molecule has 4 nitrogen and oxygen atoms in total. The van der Waals surface area contributed by atoms with Gasteiger partial charge in [0.1, 0.15) is 16.3 Å². The van der Waals surface area contributed by atoms with E-state index in [0.717, 1.165) is 6.07 Å². The Morgan fingerprint density at radius 2 is 1.71 bits per heavy atom. The molecular formula is C14H10F2O4S. The number of aromatic carboxylic acids is 1. The van der Waals surface area contributed by atoms with Crippen molar-refractivity contribution in [1.29, 1.82) is 0 Å². The molecule has 0 amide bonds. The molecule has 0 spiro atoms. The Balaban J connectivity index is 2.90. The lowest BCUT2D eigenvalue weighted by molar-refractivity contribution is 0.0692. The summed E-state index contributed by atoms with van der Waals surface area (Å²) in [4.78, 5) is 10.0. The molecule has 2 aromatic rings. The number of carboxylic acids is 1. The van der Waals surface area contributed by atoms with Crippen LogP contribution < -0.4 is 0 Å². The second-order valence-corrected chi connectivity index (χ2v) is 6.32. The topological polar surface area (TPSA) is 71.4 Å². The Bertz CT molecular complexity index is 815. The molecular weight excluding hydrogens is 302 g/mol. The zero-order chi connectivity index (χ0) is 15.8. The first-order valence-corrected chi connectivity index (χ1v) is 7.63. The lowest BCUT2D eigenvalue weighted by Gasteiger charge is -2.11. The van der Waals surface area contributed by atoms with Gasteiger partial charge in [-0.15, -0.1) is 0 Å². The molecule has 0 atom stereocenters. The van der Waals surface area contributed by atoms with Crippen LogP contribution in [0.25, 0.3) is 11.1 Å². The first-order chi connectivity index (χ1) is 9.73. The summed E-state index contributed by atoms with van der Waals surface area (Å²) in [6, 6.07) is 8.46. The normalized spacial score (nSPS) is 11.4. The van der Waals surface area contributed by atoms with E-state index in [1.807, 2.05) is 0 Å². The van der Waals surface area contributed by atoms with Crippen molar-refractivity contribution in [2.45, 2.75) is 4.90 Å². The number of carboxylic acid groups (broad SMARTS) is 1. The van der Waals surface area contributed by atoms with Gasteiger partial charge in [-0.3, -0.25) is 0 Å². The first kappa shape index (κ1) is 15.1. The molecule has 0 aromatic heterocycles. The SMILES string of the molecule is CS(=O)(=O)c1c(F)cc(-c2ccccc2)c(C(=O)O)c1F. The molecule has 21 heavy (non-hydrogen) atoms. The van der Waals surface area contributed by atoms with E-state index >= 15 is 0 Å². The zero-order valence-electron chi connectivity index (χ0n) is 10.8. The summed E-state index contributed by atoms with van der Waals surface area (Å²) in [6.07, 6.45) is 0.613. The minimum Gasteiger partial charge on any atom is -0.478 e. The quantitative estimate of drug-likeness (QED) is 0.946. The smallest absolute Gasteiger partial charge is 0.339 e. The van der Waals surface area contributed by atoms with E-state index < -0.39 is 37.9 Å². The Labute approximate surface area is 119 Å². The van der Waals surface area contributed by atoms with Crippen molar-refractivity contribution in [1.82, 2.24) is 0 Å². The van der Waals surface area contributed by atoms with Gasteiger partial charge in [0.25, 0.3) is 0 Å². The van der Waals surface area contributed by atoms with Gasteiger partial charge in [0.05, 0.1) is 0 Å². The molecule has 1 N–H and O–H groups in total. The van der Waals surface area contributed by atoms with E-state index in [-0.39, 0.29) is 11.1 Å². The molecule has 0 aliphatic heterocycles. The summed E-state index contributed by atoms with van der Waals surface area (Å²) in [7, 11) is -4.23. The molecule has 2 aromatic carbocycles. The molecule has 0 unspecified atom stereocenters. The molecule has 110 valence electrons. The number of benzene rings is 2. The van der Waals surface area contributed by atoms with E-state index in [9.17, 15) is 22.0 Å². The average molecular weight is 312 g/mol. The van der Waals surface area contributed by atoms with Crippen molar-refractivity contribution >= 4 is 15.8 Å². The number of halogens is 2. The third kappa shape index (κ3) is 2.78. The minimum atomic E-state index is -4.23. The molecule has 0 radical (unpaired) electrons. The second-order valence-electron chi connectivity index (χ2n) is 4.37. The Morgan fingerprint density at radius 1 is 1.14 bits per heavy atom. The predicted octanol–water partition coefficient (Wildman–Crippen LogP) is 2.73. The van der Waals surface area contributed by atoms with Crippen molar-refractivity contribution in [3.8, 4) is 11.1 Å². The van der Waals surface area contributed by atoms with Gasteiger partial charge in [0.15, 0.2) is 15.7 Å². The van der Waals surface area contributed by atoms with Gasteiger partial charge < -0.3 is 5.11 Å². The number of hydrogen-bond acceptors (Lipinski definition) is 3. The van der Waals surface area contributed by atoms with Crippen LogP contribution in [-0.2, 0) is 9.84 Å². The Morgan fingerprint density at radius 3 is 2.19 bits per heavy atom. The molecule has 0 saturated heterocycles. The fourth-order valence-corrected chi connectivity index (χ4v) is 2.84. The largest absolute Gasteiger partial charge is 0.478 e. The molecule has 0 aliphatic carbocycles. The third-order valence-corrected chi connectivity index (χ3v) is 3.96. The highest BCUT2D eigenvalue weighted by molar-refractivity contribution is 7.90. The second kappa shape index (κ2) is 5.25. The van der Waals surface area contributed by atoms with Gasteiger partial charge in [-0.25, -0.2) is 22.0 Å². The van der Waals surface area contributed by atoms with Crippen LogP contribution in [0.1, 0.15) is 10.4 Å². The van der Waals surface area contributed by atoms with Gasteiger partial charge in [-0.05, 0) is 11.6 Å². The van der Waals surface area contributed by atoms with E-state index in [0.29, 0.717) is 6.26 Å². The fraction of sp³-hybridized carbons (Fsp3) is 0.0714. The summed E-state index contributed by atoms with van der Waals surface area (Å²) in [5.74, 6) is -4.58. The maximum atomic E-state index is 14.2. The van der Waals surface area contributed by atoms with Crippen molar-refractivity contribution in [3.05, 3.63) is 53.6 Å². The van der Waals surface area contributed by atoms with Gasteiger partial charge in [-0.1, -0.05) is 30.3 Å². The average Bonchev–Trinajstić information content (AvgIpc) is 2.36. The number of carbonyl (C=O) groups is 1. The highest BCUT2D eigenvalue weighted by atomic mass is 32.2. The number of sulfone groups is 1. The maximum Gasteiger partial charge on any atom is 0.339 e. The zero-order valence-corrected chi connectivity index (χ0v) is 11.6. The van der Waals surface area contributed by atoms with E-state index in [4.69, 9.17) is 5.11 Å². The van der Waals surface area contributed by atoms with Crippen LogP contribution in [0.3, 0.4) is 0 Å². The Hall–Kier alpha value is -2.28. The molecule has 0 bridgehead atoms. The molecule has 0 aliphatic rings. The monoisotopic (exact) mass is 312 g/mol.